The molecule has 1 aromatic rings. The van der Waals surface area contributed by atoms with Crippen molar-refractivity contribution in [3.05, 3.63) is 12.3 Å². The Bertz CT molecular complexity index is 291. The monoisotopic (exact) mass is 197 g/mol. The number of carbonyl (C=O) groups excluding carboxylic acids is 1. The summed E-state index contributed by atoms with van der Waals surface area (Å²) < 4.78 is 4.59. The second kappa shape index (κ2) is 4.23. The van der Waals surface area contributed by atoms with E-state index in [4.69, 9.17) is 5.73 Å². The first kappa shape index (κ1) is 10.7. The van der Waals surface area contributed by atoms with Gasteiger partial charge in [-0.05, 0) is 12.8 Å². The predicted molar refractivity (Wildman–Crippen MR) is 52.6 cm³/mol. The molecule has 0 saturated carbocycles. The van der Waals surface area contributed by atoms with Crippen molar-refractivity contribution in [2.24, 2.45) is 5.73 Å². The van der Waals surface area contributed by atoms with E-state index in [1.165, 1.54) is 6.26 Å². The first-order valence-corrected chi connectivity index (χ1v) is 4.63. The maximum Gasteiger partial charge on any atom is 0.245 e. The van der Waals surface area contributed by atoms with Crippen molar-refractivity contribution in [1.29, 1.82) is 0 Å². The molecule has 5 heteroatoms. The third-order valence-corrected chi connectivity index (χ3v) is 2.39. The number of nitrogens with zero attached hydrogens (tertiary/aromatic N) is 1. The summed E-state index contributed by atoms with van der Waals surface area (Å²) >= 11 is 0. The van der Waals surface area contributed by atoms with Gasteiger partial charge in [0.1, 0.15) is 6.26 Å². The van der Waals surface area contributed by atoms with Crippen LogP contribution in [0, 0.1) is 0 Å². The molecule has 1 amide bonds. The second-order valence-electron chi connectivity index (χ2n) is 3.20. The molecule has 1 aromatic heterocycles. The molecule has 0 aliphatic heterocycles. The van der Waals surface area contributed by atoms with E-state index in [-0.39, 0.29) is 5.91 Å². The lowest BCUT2D eigenvalue weighted by atomic mass is 9.93. The largest absolute Gasteiger partial charge is 0.363 e. The number of carbonyl (C=O) groups is 1. The van der Waals surface area contributed by atoms with Gasteiger partial charge in [0, 0.05) is 6.07 Å². The summed E-state index contributed by atoms with van der Waals surface area (Å²) in [6, 6.07) is 1.57. The highest BCUT2D eigenvalue weighted by molar-refractivity contribution is 5.97. The number of nitrogens with one attached hydrogen (secondary N) is 1. The Balaban J connectivity index is 2.66. The number of aromatic nitrogens is 1. The van der Waals surface area contributed by atoms with Crippen LogP contribution in [0.4, 0.5) is 5.82 Å². The van der Waals surface area contributed by atoms with Gasteiger partial charge in [0.05, 0.1) is 5.54 Å². The molecule has 3 N–H and O–H groups in total. The van der Waals surface area contributed by atoms with Gasteiger partial charge in [-0.15, -0.1) is 0 Å². The lowest BCUT2D eigenvalue weighted by Gasteiger charge is -2.24. The highest BCUT2D eigenvalue weighted by atomic mass is 16.5. The van der Waals surface area contributed by atoms with E-state index < -0.39 is 5.54 Å². The highest BCUT2D eigenvalue weighted by Gasteiger charge is 2.30. The van der Waals surface area contributed by atoms with Crippen LogP contribution in [0.1, 0.15) is 26.7 Å². The van der Waals surface area contributed by atoms with Crippen molar-refractivity contribution in [1.82, 2.24) is 5.16 Å². The van der Waals surface area contributed by atoms with Crippen LogP contribution in [-0.2, 0) is 4.79 Å². The summed E-state index contributed by atoms with van der Waals surface area (Å²) in [6.07, 6.45) is 2.58. The molecule has 0 unspecified atom stereocenters. The van der Waals surface area contributed by atoms with Gasteiger partial charge in [-0.25, -0.2) is 0 Å². The molecule has 1 heterocycles. The molecule has 0 radical (unpaired) electrons. The summed E-state index contributed by atoms with van der Waals surface area (Å²) in [7, 11) is 0. The number of anilines is 1. The Morgan fingerprint density at radius 3 is 2.71 bits per heavy atom. The van der Waals surface area contributed by atoms with Crippen LogP contribution in [-0.4, -0.2) is 16.6 Å². The van der Waals surface area contributed by atoms with E-state index >= 15 is 0 Å². The quantitative estimate of drug-likeness (QED) is 0.758. The third-order valence-electron chi connectivity index (χ3n) is 2.39. The third kappa shape index (κ3) is 2.11. The van der Waals surface area contributed by atoms with E-state index in [0.717, 1.165) is 0 Å². The second-order valence-corrected chi connectivity index (χ2v) is 3.20. The van der Waals surface area contributed by atoms with Gasteiger partial charge in [-0.1, -0.05) is 19.0 Å². The minimum absolute atomic E-state index is 0.226. The van der Waals surface area contributed by atoms with Crippen molar-refractivity contribution in [3.8, 4) is 0 Å². The van der Waals surface area contributed by atoms with E-state index in [1.807, 2.05) is 13.8 Å². The van der Waals surface area contributed by atoms with E-state index in [2.05, 4.69) is 15.0 Å². The maximum absolute atomic E-state index is 11.7. The van der Waals surface area contributed by atoms with Crippen LogP contribution in [0.3, 0.4) is 0 Å². The molecule has 0 aliphatic carbocycles. The normalized spacial score (nSPS) is 11.4. The zero-order chi connectivity index (χ0) is 10.6. The highest BCUT2D eigenvalue weighted by Crippen LogP contribution is 2.14. The molecule has 78 valence electrons. The summed E-state index contributed by atoms with van der Waals surface area (Å²) in [5, 5.41) is 6.17. The van der Waals surface area contributed by atoms with Crippen molar-refractivity contribution < 1.29 is 9.32 Å². The molecule has 0 spiro atoms. The van der Waals surface area contributed by atoms with Gasteiger partial charge in [-0.2, -0.15) is 0 Å². The van der Waals surface area contributed by atoms with Crippen LogP contribution in [0.2, 0.25) is 0 Å². The number of amides is 1. The minimum atomic E-state index is -0.820. The van der Waals surface area contributed by atoms with Crippen LogP contribution in [0.5, 0.6) is 0 Å². The average molecular weight is 197 g/mol. The Labute approximate surface area is 82.6 Å². The molecule has 0 atom stereocenters. The van der Waals surface area contributed by atoms with Gasteiger partial charge in [-0.3, -0.25) is 4.79 Å². The van der Waals surface area contributed by atoms with Gasteiger partial charge in [0.25, 0.3) is 0 Å². The Kier molecular flexibility index (Phi) is 3.24. The lowest BCUT2D eigenvalue weighted by molar-refractivity contribution is -0.121. The molecule has 0 aromatic carbocycles. The smallest absolute Gasteiger partial charge is 0.245 e. The van der Waals surface area contributed by atoms with Gasteiger partial charge >= 0.3 is 0 Å². The Hall–Kier alpha value is -1.36. The van der Waals surface area contributed by atoms with Crippen molar-refractivity contribution >= 4 is 11.7 Å². The van der Waals surface area contributed by atoms with E-state index in [1.54, 1.807) is 6.07 Å². The maximum atomic E-state index is 11.7. The van der Waals surface area contributed by atoms with Crippen molar-refractivity contribution in [2.75, 3.05) is 5.32 Å². The van der Waals surface area contributed by atoms with Crippen LogP contribution >= 0.6 is 0 Å². The van der Waals surface area contributed by atoms with E-state index in [0.29, 0.717) is 18.7 Å². The molecule has 0 bridgehead atoms. The Morgan fingerprint density at radius 2 is 2.29 bits per heavy atom. The topological polar surface area (TPSA) is 81.2 Å². The Morgan fingerprint density at radius 1 is 1.64 bits per heavy atom. The fourth-order valence-corrected chi connectivity index (χ4v) is 1.09. The number of rotatable bonds is 4. The molecular formula is C9H15N3O2. The molecular weight excluding hydrogens is 182 g/mol. The average Bonchev–Trinajstić information content (AvgIpc) is 2.69. The van der Waals surface area contributed by atoms with Gasteiger partial charge in [0.15, 0.2) is 5.82 Å². The fraction of sp³-hybridized carbons (Fsp3) is 0.556. The number of hydrogen-bond donors (Lipinski definition) is 2. The van der Waals surface area contributed by atoms with Crippen LogP contribution < -0.4 is 11.1 Å². The molecule has 14 heavy (non-hydrogen) atoms. The summed E-state index contributed by atoms with van der Waals surface area (Å²) in [5.74, 6) is 0.170. The molecule has 0 fully saturated rings. The molecule has 1 rings (SSSR count). The van der Waals surface area contributed by atoms with Crippen LogP contribution in [0.15, 0.2) is 16.9 Å². The van der Waals surface area contributed by atoms with Gasteiger partial charge < -0.3 is 15.6 Å². The van der Waals surface area contributed by atoms with E-state index in [9.17, 15) is 4.79 Å². The summed E-state index contributed by atoms with van der Waals surface area (Å²) in [4.78, 5) is 11.7. The zero-order valence-corrected chi connectivity index (χ0v) is 8.41. The zero-order valence-electron chi connectivity index (χ0n) is 8.41. The SMILES string of the molecule is CCC(N)(CC)C(=O)Nc1ccon1. The summed E-state index contributed by atoms with van der Waals surface area (Å²) in [6.45, 7) is 3.76. The summed E-state index contributed by atoms with van der Waals surface area (Å²) in [5.41, 5.74) is 5.07. The molecule has 0 saturated heterocycles. The molecule has 5 nitrogen and oxygen atoms in total. The minimum Gasteiger partial charge on any atom is -0.363 e. The lowest BCUT2D eigenvalue weighted by Crippen LogP contribution is -2.50. The standard InChI is InChI=1S/C9H15N3O2/c1-3-9(10,4-2)8(13)11-7-5-6-14-12-7/h5-6H,3-4,10H2,1-2H3,(H,11,12,13). The number of nitrogens with two attached hydrogens (primary N) is 1. The van der Waals surface area contributed by atoms with Crippen molar-refractivity contribution in [2.45, 2.75) is 32.2 Å². The fourth-order valence-electron chi connectivity index (χ4n) is 1.09. The first-order chi connectivity index (χ1) is 6.62. The number of hydrogen-bond acceptors (Lipinski definition) is 4. The first-order valence-electron chi connectivity index (χ1n) is 4.63. The molecule has 0 aliphatic rings. The predicted octanol–water partition coefficient (Wildman–Crippen LogP) is 1.13. The van der Waals surface area contributed by atoms with Crippen LogP contribution in [0.25, 0.3) is 0 Å². The van der Waals surface area contributed by atoms with Gasteiger partial charge in [0.2, 0.25) is 5.91 Å². The van der Waals surface area contributed by atoms with Crippen molar-refractivity contribution in [3.63, 3.8) is 0 Å².